The lowest BCUT2D eigenvalue weighted by Gasteiger charge is -2.25. The van der Waals surface area contributed by atoms with E-state index in [0.29, 0.717) is 32.0 Å². The van der Waals surface area contributed by atoms with Crippen LogP contribution >= 0.6 is 24.0 Å². The van der Waals surface area contributed by atoms with Crippen molar-refractivity contribution in [1.29, 1.82) is 0 Å². The average Bonchev–Trinajstić information content (AvgIpc) is 2.43. The van der Waals surface area contributed by atoms with Crippen LogP contribution in [0.4, 0.5) is 0 Å². The van der Waals surface area contributed by atoms with Gasteiger partial charge in [0.15, 0.2) is 5.96 Å². The molecule has 0 spiro atoms. The number of hydrogen-bond donors (Lipinski definition) is 4. The molecule has 0 aliphatic carbocycles. The number of nitrogens with one attached hydrogen (secondary N) is 4. The minimum absolute atomic E-state index is 0. The zero-order valence-corrected chi connectivity index (χ0v) is 16.1. The summed E-state index contributed by atoms with van der Waals surface area (Å²) in [4.78, 5) is 26.9. The highest BCUT2D eigenvalue weighted by Crippen LogP contribution is 2.11. The molecule has 0 radical (unpaired) electrons. The summed E-state index contributed by atoms with van der Waals surface area (Å²) in [5.74, 6) is 0.810. The van der Waals surface area contributed by atoms with Crippen LogP contribution in [-0.4, -0.2) is 50.5 Å². The highest BCUT2D eigenvalue weighted by Gasteiger charge is 2.20. The van der Waals surface area contributed by atoms with Crippen LogP contribution < -0.4 is 21.3 Å². The Kier molecular flexibility index (Phi) is 9.38. The summed E-state index contributed by atoms with van der Waals surface area (Å²) in [7, 11) is 1.70. The average molecular weight is 425 g/mol. The topological polar surface area (TPSA) is 94.6 Å². The number of nitrogens with zero attached hydrogens (tertiary/aromatic N) is 1. The van der Waals surface area contributed by atoms with Crippen LogP contribution in [0.2, 0.25) is 0 Å². The summed E-state index contributed by atoms with van der Waals surface area (Å²) < 4.78 is 0. The molecule has 1 rings (SSSR count). The van der Waals surface area contributed by atoms with E-state index < -0.39 is 0 Å². The van der Waals surface area contributed by atoms with E-state index in [2.05, 4.69) is 26.3 Å². The molecular weight excluding hydrogens is 397 g/mol. The van der Waals surface area contributed by atoms with Crippen LogP contribution in [0, 0.1) is 5.41 Å². The maximum absolute atomic E-state index is 11.7. The van der Waals surface area contributed by atoms with Crippen LogP contribution in [0.25, 0.3) is 0 Å². The number of piperidine rings is 1. The van der Waals surface area contributed by atoms with Gasteiger partial charge in [0.2, 0.25) is 11.8 Å². The van der Waals surface area contributed by atoms with Crippen LogP contribution in [0.1, 0.15) is 33.6 Å². The molecule has 0 aromatic carbocycles. The number of carbonyl (C=O) groups is 2. The molecule has 4 N–H and O–H groups in total. The molecule has 0 saturated carbocycles. The predicted octanol–water partition coefficient (Wildman–Crippen LogP) is 0.210. The summed E-state index contributed by atoms with van der Waals surface area (Å²) >= 11 is 0. The number of hydrogen-bond acceptors (Lipinski definition) is 3. The van der Waals surface area contributed by atoms with Crippen molar-refractivity contribution in [2.24, 2.45) is 10.4 Å². The lowest BCUT2D eigenvalue weighted by Crippen LogP contribution is -2.52. The van der Waals surface area contributed by atoms with Crippen LogP contribution in [0.15, 0.2) is 4.99 Å². The summed E-state index contributed by atoms with van der Waals surface area (Å²) in [6.07, 6.45) is 1.34. The number of halogens is 1. The Morgan fingerprint density at radius 1 is 1.32 bits per heavy atom. The molecule has 1 saturated heterocycles. The molecule has 1 fully saturated rings. The number of aliphatic imine (C=N–C) groups is 1. The summed E-state index contributed by atoms with van der Waals surface area (Å²) in [5, 5.41) is 12.1. The Morgan fingerprint density at radius 2 is 1.95 bits per heavy atom. The standard InChI is InChI=1S/C14H27N5O2.HI/c1-14(2,3)12(21)16-7-8-17-13(15-4)19-10-5-6-11(20)18-9-10;/h10H,5-9H2,1-4H3,(H,16,21)(H,18,20)(H2,15,17,19);1H. The lowest BCUT2D eigenvalue weighted by atomic mass is 9.96. The second-order valence-corrected chi connectivity index (χ2v) is 6.19. The molecule has 7 nitrogen and oxygen atoms in total. The molecule has 1 aliphatic heterocycles. The van der Waals surface area contributed by atoms with Gasteiger partial charge >= 0.3 is 0 Å². The van der Waals surface area contributed by atoms with Gasteiger partial charge in [-0.1, -0.05) is 20.8 Å². The van der Waals surface area contributed by atoms with Crippen molar-refractivity contribution in [1.82, 2.24) is 21.3 Å². The molecule has 1 heterocycles. The predicted molar refractivity (Wildman–Crippen MR) is 98.4 cm³/mol. The Balaban J connectivity index is 0.00000441. The molecule has 1 atom stereocenters. The second kappa shape index (κ2) is 9.86. The van der Waals surface area contributed by atoms with E-state index in [1.54, 1.807) is 7.05 Å². The highest BCUT2D eigenvalue weighted by atomic mass is 127. The first-order valence-corrected chi connectivity index (χ1v) is 7.35. The van der Waals surface area contributed by atoms with Gasteiger partial charge in [0, 0.05) is 44.6 Å². The molecular formula is C14H28IN5O2. The molecule has 22 heavy (non-hydrogen) atoms. The van der Waals surface area contributed by atoms with Crippen molar-refractivity contribution in [2.75, 3.05) is 26.7 Å². The number of carbonyl (C=O) groups excluding carboxylic acids is 2. The molecule has 2 amide bonds. The highest BCUT2D eigenvalue weighted by molar-refractivity contribution is 14.0. The molecule has 128 valence electrons. The lowest BCUT2D eigenvalue weighted by molar-refractivity contribution is -0.128. The van der Waals surface area contributed by atoms with Gasteiger partial charge in [-0.05, 0) is 6.42 Å². The Bertz CT molecular complexity index is 397. The van der Waals surface area contributed by atoms with E-state index in [9.17, 15) is 9.59 Å². The molecule has 0 bridgehead atoms. The van der Waals surface area contributed by atoms with Crippen molar-refractivity contribution in [3.05, 3.63) is 0 Å². The van der Waals surface area contributed by atoms with Crippen LogP contribution in [0.3, 0.4) is 0 Å². The monoisotopic (exact) mass is 425 g/mol. The van der Waals surface area contributed by atoms with Gasteiger partial charge < -0.3 is 21.3 Å². The summed E-state index contributed by atoms with van der Waals surface area (Å²) in [6, 6.07) is 0.193. The number of amides is 2. The second-order valence-electron chi connectivity index (χ2n) is 6.19. The quantitative estimate of drug-likeness (QED) is 0.224. The smallest absolute Gasteiger partial charge is 0.225 e. The van der Waals surface area contributed by atoms with Crippen LogP contribution in [0.5, 0.6) is 0 Å². The van der Waals surface area contributed by atoms with Gasteiger partial charge in [0.1, 0.15) is 0 Å². The van der Waals surface area contributed by atoms with Crippen molar-refractivity contribution in [3.63, 3.8) is 0 Å². The van der Waals surface area contributed by atoms with Crippen molar-refractivity contribution in [2.45, 2.75) is 39.7 Å². The Labute approximate surface area is 149 Å². The molecule has 0 aromatic heterocycles. The van der Waals surface area contributed by atoms with E-state index in [0.717, 1.165) is 6.42 Å². The summed E-state index contributed by atoms with van der Waals surface area (Å²) in [6.45, 7) is 7.40. The van der Waals surface area contributed by atoms with E-state index in [4.69, 9.17) is 0 Å². The molecule has 0 aromatic rings. The van der Waals surface area contributed by atoms with E-state index >= 15 is 0 Å². The summed E-state index contributed by atoms with van der Waals surface area (Å²) in [5.41, 5.74) is -0.375. The van der Waals surface area contributed by atoms with Gasteiger partial charge in [-0.15, -0.1) is 24.0 Å². The van der Waals surface area contributed by atoms with E-state index in [1.807, 2.05) is 20.8 Å². The SMILES string of the molecule is CN=C(NCCNC(=O)C(C)(C)C)NC1CCC(=O)NC1.I. The minimum Gasteiger partial charge on any atom is -0.355 e. The Hall–Kier alpha value is -1.06. The van der Waals surface area contributed by atoms with Gasteiger partial charge in [-0.25, -0.2) is 0 Å². The zero-order valence-electron chi connectivity index (χ0n) is 13.8. The minimum atomic E-state index is -0.375. The maximum atomic E-state index is 11.7. The largest absolute Gasteiger partial charge is 0.355 e. The van der Waals surface area contributed by atoms with Crippen LogP contribution in [-0.2, 0) is 9.59 Å². The third-order valence-electron chi connectivity index (χ3n) is 3.21. The van der Waals surface area contributed by atoms with E-state index in [-0.39, 0.29) is 47.2 Å². The number of guanidine groups is 1. The fourth-order valence-corrected chi connectivity index (χ4v) is 1.87. The van der Waals surface area contributed by atoms with Gasteiger partial charge in [0.05, 0.1) is 0 Å². The molecule has 8 heteroatoms. The fraction of sp³-hybridized carbons (Fsp3) is 0.786. The van der Waals surface area contributed by atoms with Crippen molar-refractivity contribution < 1.29 is 9.59 Å². The van der Waals surface area contributed by atoms with Crippen molar-refractivity contribution >= 4 is 41.8 Å². The molecule has 1 aliphatic rings. The third-order valence-corrected chi connectivity index (χ3v) is 3.21. The Morgan fingerprint density at radius 3 is 2.45 bits per heavy atom. The van der Waals surface area contributed by atoms with Gasteiger partial charge in [0.25, 0.3) is 0 Å². The number of rotatable bonds is 4. The normalized spacial score (nSPS) is 18.8. The fourth-order valence-electron chi connectivity index (χ4n) is 1.87. The maximum Gasteiger partial charge on any atom is 0.225 e. The zero-order chi connectivity index (χ0) is 15.9. The first kappa shape index (κ1) is 20.9. The molecule has 1 unspecified atom stereocenters. The first-order chi connectivity index (χ1) is 9.82. The van der Waals surface area contributed by atoms with Gasteiger partial charge in [-0.2, -0.15) is 0 Å². The van der Waals surface area contributed by atoms with Gasteiger partial charge in [-0.3, -0.25) is 14.6 Å². The third kappa shape index (κ3) is 7.81. The van der Waals surface area contributed by atoms with E-state index in [1.165, 1.54) is 0 Å². The first-order valence-electron chi connectivity index (χ1n) is 7.35. The van der Waals surface area contributed by atoms with Crippen molar-refractivity contribution in [3.8, 4) is 0 Å².